The number of nitrogens with zero attached hydrogens (tertiary/aromatic N) is 4. The van der Waals surface area contributed by atoms with Gasteiger partial charge in [-0.1, -0.05) is 18.2 Å². The van der Waals surface area contributed by atoms with Crippen LogP contribution in [0, 0.1) is 0 Å². The highest BCUT2D eigenvalue weighted by Gasteiger charge is 2.32. The standard InChI is InChI=1S/C30H37N5O7/c1-5-40-29(39)34-17-15-33(16-18-34)28(38)22(13-14-26(36)42-30(2,3)4)31-27(37)23-20-24(25-12-9-19-41-25)35(32-23)21-10-7-6-8-11-21/h6-12,19-20,22H,5,13-18H2,1-4H3,(H,31,37)/t22-/m0/s1. The van der Waals surface area contributed by atoms with Crippen molar-refractivity contribution in [3.05, 3.63) is 60.5 Å². The summed E-state index contributed by atoms with van der Waals surface area (Å²) < 4.78 is 17.7. The fourth-order valence-electron chi connectivity index (χ4n) is 4.55. The van der Waals surface area contributed by atoms with Gasteiger partial charge in [0.05, 0.1) is 18.6 Å². The van der Waals surface area contributed by atoms with Gasteiger partial charge in [-0.05, 0) is 58.4 Å². The van der Waals surface area contributed by atoms with E-state index < -0.39 is 29.6 Å². The zero-order valence-electron chi connectivity index (χ0n) is 24.4. The first-order chi connectivity index (χ1) is 20.1. The zero-order valence-corrected chi connectivity index (χ0v) is 24.4. The van der Waals surface area contributed by atoms with Crippen LogP contribution in [0.5, 0.6) is 0 Å². The first-order valence-corrected chi connectivity index (χ1v) is 14.0. The van der Waals surface area contributed by atoms with Crippen LogP contribution in [0.15, 0.2) is 59.2 Å². The molecule has 3 amide bonds. The normalized spacial score (nSPS) is 14.3. The first-order valence-electron chi connectivity index (χ1n) is 14.0. The van der Waals surface area contributed by atoms with E-state index in [1.165, 1.54) is 11.2 Å². The number of para-hydroxylation sites is 1. The maximum Gasteiger partial charge on any atom is 0.409 e. The van der Waals surface area contributed by atoms with Gasteiger partial charge in [0.2, 0.25) is 5.91 Å². The molecule has 0 spiro atoms. The highest BCUT2D eigenvalue weighted by molar-refractivity contribution is 5.97. The topological polar surface area (TPSA) is 136 Å². The molecule has 224 valence electrons. The molecule has 2 aromatic heterocycles. The number of furan rings is 1. The number of nitrogens with one attached hydrogen (secondary N) is 1. The third-order valence-corrected chi connectivity index (χ3v) is 6.49. The van der Waals surface area contributed by atoms with Crippen LogP contribution in [-0.4, -0.2) is 87.9 Å². The second kappa shape index (κ2) is 13.4. The summed E-state index contributed by atoms with van der Waals surface area (Å²) in [6, 6.07) is 13.4. The van der Waals surface area contributed by atoms with Gasteiger partial charge in [0.1, 0.15) is 17.3 Å². The number of ether oxygens (including phenoxy) is 2. The van der Waals surface area contributed by atoms with E-state index in [1.807, 2.05) is 30.3 Å². The largest absolute Gasteiger partial charge is 0.463 e. The maximum atomic E-state index is 13.6. The van der Waals surface area contributed by atoms with E-state index in [9.17, 15) is 19.2 Å². The van der Waals surface area contributed by atoms with Crippen molar-refractivity contribution in [2.45, 2.75) is 52.2 Å². The molecule has 12 heteroatoms. The number of piperazine rings is 1. The van der Waals surface area contributed by atoms with E-state index in [-0.39, 0.29) is 44.1 Å². The van der Waals surface area contributed by atoms with Crippen LogP contribution in [0.4, 0.5) is 4.79 Å². The molecule has 0 aliphatic carbocycles. The minimum absolute atomic E-state index is 0.0298. The Morgan fingerprint density at radius 3 is 2.31 bits per heavy atom. The summed E-state index contributed by atoms with van der Waals surface area (Å²) in [4.78, 5) is 54.8. The molecule has 12 nitrogen and oxygen atoms in total. The Bertz CT molecular complexity index is 1370. The van der Waals surface area contributed by atoms with Crippen molar-refractivity contribution in [2.75, 3.05) is 32.8 Å². The molecule has 1 aromatic carbocycles. The fourth-order valence-corrected chi connectivity index (χ4v) is 4.55. The van der Waals surface area contributed by atoms with E-state index in [2.05, 4.69) is 10.4 Å². The summed E-state index contributed by atoms with van der Waals surface area (Å²) in [5, 5.41) is 7.31. The molecule has 0 bridgehead atoms. The van der Waals surface area contributed by atoms with E-state index >= 15 is 0 Å². The molecule has 4 rings (SSSR count). The monoisotopic (exact) mass is 579 g/mol. The van der Waals surface area contributed by atoms with E-state index in [0.29, 0.717) is 24.5 Å². The molecular weight excluding hydrogens is 542 g/mol. The fraction of sp³-hybridized carbons (Fsp3) is 0.433. The van der Waals surface area contributed by atoms with Crippen molar-refractivity contribution in [1.82, 2.24) is 24.9 Å². The SMILES string of the molecule is CCOC(=O)N1CCN(C(=O)[C@H](CCC(=O)OC(C)(C)C)NC(=O)c2cc(-c3ccco3)n(-c3ccccc3)n2)CC1. The van der Waals surface area contributed by atoms with Crippen LogP contribution in [0.3, 0.4) is 0 Å². The molecule has 0 saturated carbocycles. The van der Waals surface area contributed by atoms with E-state index in [0.717, 1.165) is 5.69 Å². The quantitative estimate of drug-likeness (QED) is 0.380. The van der Waals surface area contributed by atoms with Crippen LogP contribution in [-0.2, 0) is 19.1 Å². The molecule has 0 radical (unpaired) electrons. The smallest absolute Gasteiger partial charge is 0.409 e. The molecule has 1 fully saturated rings. The number of benzene rings is 1. The third kappa shape index (κ3) is 7.77. The van der Waals surface area contributed by atoms with Gasteiger partial charge in [-0.2, -0.15) is 5.10 Å². The third-order valence-electron chi connectivity index (χ3n) is 6.49. The minimum atomic E-state index is -1.02. The van der Waals surface area contributed by atoms with Crippen LogP contribution < -0.4 is 5.32 Å². The molecule has 1 atom stereocenters. The number of rotatable bonds is 9. The lowest BCUT2D eigenvalue weighted by Gasteiger charge is -2.36. The Labute approximate surface area is 244 Å². The number of carbonyl (C=O) groups excluding carboxylic acids is 4. The molecule has 1 aliphatic rings. The van der Waals surface area contributed by atoms with E-state index in [4.69, 9.17) is 13.9 Å². The predicted molar refractivity (Wildman–Crippen MR) is 153 cm³/mol. The second-order valence-electron chi connectivity index (χ2n) is 10.8. The number of hydrogen-bond donors (Lipinski definition) is 1. The van der Waals surface area contributed by atoms with Crippen molar-refractivity contribution in [3.8, 4) is 17.1 Å². The van der Waals surface area contributed by atoms with Gasteiger partial charge in [0.15, 0.2) is 11.5 Å². The van der Waals surface area contributed by atoms with Crippen molar-refractivity contribution in [1.29, 1.82) is 0 Å². The average Bonchev–Trinajstić information content (AvgIpc) is 3.65. The van der Waals surface area contributed by atoms with Crippen molar-refractivity contribution in [2.24, 2.45) is 0 Å². The summed E-state index contributed by atoms with van der Waals surface area (Å²) in [7, 11) is 0. The number of amides is 3. The van der Waals surface area contributed by atoms with Gasteiger partial charge in [0, 0.05) is 38.7 Å². The zero-order chi connectivity index (χ0) is 30.3. The summed E-state index contributed by atoms with van der Waals surface area (Å²) in [6.45, 7) is 8.41. The van der Waals surface area contributed by atoms with Crippen LogP contribution in [0.25, 0.3) is 17.1 Å². The minimum Gasteiger partial charge on any atom is -0.463 e. The van der Waals surface area contributed by atoms with Gasteiger partial charge in [-0.3, -0.25) is 14.4 Å². The number of esters is 1. The molecule has 3 heterocycles. The Hall–Kier alpha value is -4.61. The lowest BCUT2D eigenvalue weighted by molar-refractivity contribution is -0.155. The summed E-state index contributed by atoms with van der Waals surface area (Å²) >= 11 is 0. The summed E-state index contributed by atoms with van der Waals surface area (Å²) in [6.07, 6.45) is 1.06. The van der Waals surface area contributed by atoms with Gasteiger partial charge in [0.25, 0.3) is 5.91 Å². The lowest BCUT2D eigenvalue weighted by atomic mass is 10.1. The summed E-state index contributed by atoms with van der Waals surface area (Å²) in [5.74, 6) is -0.896. The first kappa shape index (κ1) is 30.4. The second-order valence-corrected chi connectivity index (χ2v) is 10.8. The molecule has 1 aliphatic heterocycles. The maximum absolute atomic E-state index is 13.6. The predicted octanol–water partition coefficient (Wildman–Crippen LogP) is 3.65. The highest BCUT2D eigenvalue weighted by atomic mass is 16.6. The average molecular weight is 580 g/mol. The molecular formula is C30H37N5O7. The number of aromatic nitrogens is 2. The summed E-state index contributed by atoms with van der Waals surface area (Å²) in [5.41, 5.74) is 0.672. The van der Waals surface area contributed by atoms with Crippen molar-refractivity contribution >= 4 is 23.9 Å². The highest BCUT2D eigenvalue weighted by Crippen LogP contribution is 2.25. The molecule has 1 saturated heterocycles. The van der Waals surface area contributed by atoms with Crippen molar-refractivity contribution < 1.29 is 33.1 Å². The van der Waals surface area contributed by atoms with Gasteiger partial charge in [-0.15, -0.1) is 0 Å². The Morgan fingerprint density at radius 1 is 1.00 bits per heavy atom. The van der Waals surface area contributed by atoms with Gasteiger partial charge in [-0.25, -0.2) is 9.48 Å². The van der Waals surface area contributed by atoms with E-state index in [1.54, 1.807) is 55.5 Å². The van der Waals surface area contributed by atoms with Gasteiger partial charge >= 0.3 is 12.1 Å². The molecule has 42 heavy (non-hydrogen) atoms. The Morgan fingerprint density at radius 2 is 1.69 bits per heavy atom. The molecule has 0 unspecified atom stereocenters. The molecule has 1 N–H and O–H groups in total. The number of carbonyl (C=O) groups is 4. The Balaban J connectivity index is 1.53. The Kier molecular flexibility index (Phi) is 9.66. The van der Waals surface area contributed by atoms with Crippen LogP contribution in [0.2, 0.25) is 0 Å². The molecule has 3 aromatic rings. The van der Waals surface area contributed by atoms with Gasteiger partial charge < -0.3 is 29.0 Å². The van der Waals surface area contributed by atoms with Crippen LogP contribution in [0.1, 0.15) is 51.0 Å². The number of hydrogen-bond acceptors (Lipinski definition) is 8. The van der Waals surface area contributed by atoms with Crippen LogP contribution >= 0.6 is 0 Å². The van der Waals surface area contributed by atoms with Crippen molar-refractivity contribution in [3.63, 3.8) is 0 Å². The lowest BCUT2D eigenvalue weighted by Crippen LogP contribution is -2.56.